The van der Waals surface area contributed by atoms with Crippen LogP contribution in [0.5, 0.6) is 5.75 Å². The Bertz CT molecular complexity index is 610. The summed E-state index contributed by atoms with van der Waals surface area (Å²) in [5.41, 5.74) is 1.77. The van der Waals surface area contributed by atoms with Gasteiger partial charge in [-0.2, -0.15) is 0 Å². The number of ketones is 2. The molecule has 0 saturated heterocycles. The summed E-state index contributed by atoms with van der Waals surface area (Å²) in [6.45, 7) is 2.02. The number of aromatic hydroxyl groups is 1. The van der Waals surface area contributed by atoms with Crippen molar-refractivity contribution in [3.05, 3.63) is 29.3 Å². The summed E-state index contributed by atoms with van der Waals surface area (Å²) in [4.78, 5) is 26.0. The zero-order chi connectivity index (χ0) is 15.4. The molecule has 4 aliphatic carbocycles. The second-order valence-corrected chi connectivity index (χ2v) is 7.20. The Morgan fingerprint density at radius 3 is 2.05 bits per heavy atom. The van der Waals surface area contributed by atoms with Crippen molar-refractivity contribution in [2.75, 3.05) is 0 Å². The third-order valence-electron chi connectivity index (χ3n) is 6.27. The normalized spacial score (nSPS) is 36.7. The van der Waals surface area contributed by atoms with Gasteiger partial charge in [-0.05, 0) is 67.2 Å². The van der Waals surface area contributed by atoms with Crippen molar-refractivity contribution < 1.29 is 14.7 Å². The average Bonchev–Trinajstić information content (AvgIpc) is 2.82. The first-order chi connectivity index (χ1) is 10.6. The van der Waals surface area contributed by atoms with E-state index >= 15 is 0 Å². The number of rotatable bonds is 2. The monoisotopic (exact) mass is 298 g/mol. The second kappa shape index (κ2) is 4.94. The Morgan fingerprint density at radius 2 is 1.55 bits per heavy atom. The lowest BCUT2D eigenvalue weighted by molar-refractivity contribution is -0.129. The van der Waals surface area contributed by atoms with E-state index < -0.39 is 5.92 Å². The van der Waals surface area contributed by atoms with Crippen LogP contribution in [0.2, 0.25) is 0 Å². The van der Waals surface area contributed by atoms with Gasteiger partial charge in [-0.3, -0.25) is 9.59 Å². The summed E-state index contributed by atoms with van der Waals surface area (Å²) in [7, 11) is 0. The number of benzene rings is 1. The molecule has 2 bridgehead atoms. The standard InChI is InChI=1S/C19H22O3/c1-2-10-7-8-13(20)9-14(10)17-18(21)15-11-3-4-12(6-5-11)16(15)19(17)22/h7-9,11-12,15-17,20H,2-6H2,1H3. The van der Waals surface area contributed by atoms with Gasteiger partial charge in [0.2, 0.25) is 0 Å². The van der Waals surface area contributed by atoms with Crippen molar-refractivity contribution in [2.24, 2.45) is 23.7 Å². The molecule has 0 aromatic heterocycles. The van der Waals surface area contributed by atoms with Crippen LogP contribution in [-0.4, -0.2) is 16.7 Å². The van der Waals surface area contributed by atoms with E-state index in [-0.39, 0.29) is 29.2 Å². The van der Waals surface area contributed by atoms with Crippen LogP contribution in [0.1, 0.15) is 49.7 Å². The fraction of sp³-hybridized carbons (Fsp3) is 0.579. The highest BCUT2D eigenvalue weighted by molar-refractivity contribution is 6.16. The van der Waals surface area contributed by atoms with Gasteiger partial charge in [0.25, 0.3) is 0 Å². The Kier molecular flexibility index (Phi) is 3.14. The summed E-state index contributed by atoms with van der Waals surface area (Å²) >= 11 is 0. The Labute approximate surface area is 130 Å². The van der Waals surface area contributed by atoms with Crippen LogP contribution in [0, 0.1) is 23.7 Å². The fourth-order valence-electron chi connectivity index (χ4n) is 5.27. The summed E-state index contributed by atoms with van der Waals surface area (Å²) in [6, 6.07) is 5.13. The van der Waals surface area contributed by atoms with Crippen molar-refractivity contribution in [2.45, 2.75) is 44.9 Å². The van der Waals surface area contributed by atoms with Crippen LogP contribution < -0.4 is 0 Å². The number of Topliss-reactive ketones (excluding diaryl/α,β-unsaturated/α-hetero) is 2. The van der Waals surface area contributed by atoms with Gasteiger partial charge in [0.05, 0.1) is 0 Å². The topological polar surface area (TPSA) is 54.4 Å². The van der Waals surface area contributed by atoms with E-state index in [2.05, 4.69) is 0 Å². The highest BCUT2D eigenvalue weighted by Crippen LogP contribution is 2.56. The van der Waals surface area contributed by atoms with E-state index in [1.807, 2.05) is 13.0 Å². The molecular formula is C19H22O3. The first-order valence-electron chi connectivity index (χ1n) is 8.51. The van der Waals surface area contributed by atoms with Crippen molar-refractivity contribution in [3.8, 4) is 5.75 Å². The van der Waals surface area contributed by atoms with E-state index in [9.17, 15) is 14.7 Å². The third kappa shape index (κ3) is 1.81. The molecule has 116 valence electrons. The first-order valence-corrected chi connectivity index (χ1v) is 8.51. The largest absolute Gasteiger partial charge is 0.508 e. The lowest BCUT2D eigenvalue weighted by Gasteiger charge is -2.43. The highest BCUT2D eigenvalue weighted by Gasteiger charge is 2.58. The molecular weight excluding hydrogens is 276 g/mol. The zero-order valence-electron chi connectivity index (χ0n) is 12.9. The van der Waals surface area contributed by atoms with Gasteiger partial charge in [0.15, 0.2) is 11.6 Å². The predicted octanol–water partition coefficient (Wildman–Crippen LogP) is 3.24. The Balaban J connectivity index is 1.79. The molecule has 0 heterocycles. The number of fused-ring (bicyclic) bond motifs is 2. The lowest BCUT2D eigenvalue weighted by Crippen LogP contribution is -2.41. The molecule has 0 aliphatic heterocycles. The van der Waals surface area contributed by atoms with E-state index in [1.54, 1.807) is 12.1 Å². The Morgan fingerprint density at radius 1 is 1.00 bits per heavy atom. The highest BCUT2D eigenvalue weighted by atomic mass is 16.3. The molecule has 22 heavy (non-hydrogen) atoms. The van der Waals surface area contributed by atoms with Gasteiger partial charge in [-0.15, -0.1) is 0 Å². The molecule has 1 aromatic rings. The zero-order valence-corrected chi connectivity index (χ0v) is 12.9. The van der Waals surface area contributed by atoms with Crippen molar-refractivity contribution in [1.29, 1.82) is 0 Å². The number of aryl methyl sites for hydroxylation is 1. The minimum Gasteiger partial charge on any atom is -0.508 e. The summed E-state index contributed by atoms with van der Waals surface area (Å²) in [5.74, 6) is 0.519. The molecule has 1 N–H and O–H groups in total. The molecule has 1 aromatic carbocycles. The molecule has 0 amide bonds. The number of phenolic OH excluding ortho intramolecular Hbond substituents is 1. The van der Waals surface area contributed by atoms with E-state index in [4.69, 9.17) is 0 Å². The molecule has 5 rings (SSSR count). The molecule has 2 unspecified atom stereocenters. The van der Waals surface area contributed by atoms with Crippen LogP contribution in [0.4, 0.5) is 0 Å². The van der Waals surface area contributed by atoms with Crippen molar-refractivity contribution >= 4 is 11.6 Å². The molecule has 2 atom stereocenters. The molecule has 3 nitrogen and oxygen atoms in total. The van der Waals surface area contributed by atoms with Crippen molar-refractivity contribution in [1.82, 2.24) is 0 Å². The number of carbonyl (C=O) groups excluding carboxylic acids is 2. The van der Waals surface area contributed by atoms with Gasteiger partial charge in [0.1, 0.15) is 11.7 Å². The minimum atomic E-state index is -0.627. The van der Waals surface area contributed by atoms with Gasteiger partial charge in [-0.1, -0.05) is 13.0 Å². The summed E-state index contributed by atoms with van der Waals surface area (Å²) < 4.78 is 0. The average molecular weight is 298 g/mol. The molecule has 4 fully saturated rings. The maximum atomic E-state index is 13.0. The smallest absolute Gasteiger partial charge is 0.151 e. The molecule has 4 aliphatic rings. The molecule has 4 saturated carbocycles. The Hall–Kier alpha value is -1.64. The maximum absolute atomic E-state index is 13.0. The number of hydrogen-bond acceptors (Lipinski definition) is 3. The van der Waals surface area contributed by atoms with Crippen LogP contribution in [-0.2, 0) is 16.0 Å². The second-order valence-electron chi connectivity index (χ2n) is 7.20. The van der Waals surface area contributed by atoms with E-state index in [0.29, 0.717) is 11.8 Å². The van der Waals surface area contributed by atoms with Crippen LogP contribution in [0.3, 0.4) is 0 Å². The van der Waals surface area contributed by atoms with Gasteiger partial charge in [-0.25, -0.2) is 0 Å². The minimum absolute atomic E-state index is 0.0444. The predicted molar refractivity (Wildman–Crippen MR) is 82.7 cm³/mol. The van der Waals surface area contributed by atoms with E-state index in [1.165, 1.54) is 0 Å². The fourth-order valence-corrected chi connectivity index (χ4v) is 5.27. The maximum Gasteiger partial charge on any atom is 0.151 e. The lowest BCUT2D eigenvalue weighted by atomic mass is 9.59. The number of phenols is 1. The van der Waals surface area contributed by atoms with Crippen LogP contribution in [0.25, 0.3) is 0 Å². The summed E-state index contributed by atoms with van der Waals surface area (Å²) in [6.07, 6.45) is 5.21. The quantitative estimate of drug-likeness (QED) is 0.853. The van der Waals surface area contributed by atoms with Crippen molar-refractivity contribution in [3.63, 3.8) is 0 Å². The molecule has 0 radical (unpaired) electrons. The van der Waals surface area contributed by atoms with Crippen LogP contribution in [0.15, 0.2) is 18.2 Å². The molecule has 0 spiro atoms. The van der Waals surface area contributed by atoms with E-state index in [0.717, 1.165) is 43.2 Å². The summed E-state index contributed by atoms with van der Waals surface area (Å²) in [5, 5.41) is 9.82. The van der Waals surface area contributed by atoms with Gasteiger partial charge >= 0.3 is 0 Å². The SMILES string of the molecule is CCc1ccc(O)cc1C1C(=O)C2C3CCC(CC3)C2C1=O. The van der Waals surface area contributed by atoms with Crippen LogP contribution >= 0.6 is 0 Å². The first kappa shape index (κ1) is 14.0. The number of hydrogen-bond donors (Lipinski definition) is 1. The van der Waals surface area contributed by atoms with Gasteiger partial charge < -0.3 is 5.11 Å². The third-order valence-corrected chi connectivity index (χ3v) is 6.27. The van der Waals surface area contributed by atoms with Gasteiger partial charge in [0, 0.05) is 11.8 Å². The number of carbonyl (C=O) groups is 2. The molecule has 3 heteroatoms.